The molecule has 1 aromatic heterocycles. The van der Waals surface area contributed by atoms with E-state index in [9.17, 15) is 10.1 Å². The predicted molar refractivity (Wildman–Crippen MR) is 78.7 cm³/mol. The number of nitro benzene ring substituents is 1. The van der Waals surface area contributed by atoms with Gasteiger partial charge >= 0.3 is 0 Å². The molecule has 1 heterocycles. The number of nitrogen functional groups attached to an aromatic ring is 1. The maximum Gasteiger partial charge on any atom is 0.292 e. The van der Waals surface area contributed by atoms with E-state index in [0.717, 1.165) is 18.7 Å². The minimum atomic E-state index is -0.479. The Morgan fingerprint density at radius 3 is 2.76 bits per heavy atom. The van der Waals surface area contributed by atoms with Crippen molar-refractivity contribution >= 4 is 11.4 Å². The van der Waals surface area contributed by atoms with Gasteiger partial charge in [0.05, 0.1) is 4.92 Å². The molecule has 1 aromatic carbocycles. The highest BCUT2D eigenvalue weighted by Crippen LogP contribution is 2.34. The van der Waals surface area contributed by atoms with Crippen LogP contribution < -0.4 is 5.73 Å². The second-order valence-corrected chi connectivity index (χ2v) is 5.43. The van der Waals surface area contributed by atoms with E-state index in [1.165, 1.54) is 25.0 Å². The van der Waals surface area contributed by atoms with Crippen molar-refractivity contribution in [3.05, 3.63) is 34.1 Å². The minimum absolute atomic E-state index is 0.0992. The normalized spacial score (nSPS) is 15.5. The number of benzene rings is 1. The van der Waals surface area contributed by atoms with Crippen molar-refractivity contribution in [1.82, 2.24) is 14.8 Å². The first-order valence-corrected chi connectivity index (χ1v) is 7.01. The van der Waals surface area contributed by atoms with Crippen LogP contribution in [0.25, 0.3) is 11.4 Å². The van der Waals surface area contributed by atoms with Gasteiger partial charge in [0.1, 0.15) is 5.69 Å². The molecule has 0 atom stereocenters. The lowest BCUT2D eigenvalue weighted by atomic mass is 10.1. The first kappa shape index (κ1) is 13.5. The summed E-state index contributed by atoms with van der Waals surface area (Å²) in [6, 6.07) is 4.74. The maximum absolute atomic E-state index is 11.0. The lowest BCUT2D eigenvalue weighted by Crippen LogP contribution is -1.98. The van der Waals surface area contributed by atoms with Gasteiger partial charge in [0.25, 0.3) is 5.69 Å². The van der Waals surface area contributed by atoms with Crippen LogP contribution in [0.2, 0.25) is 0 Å². The van der Waals surface area contributed by atoms with Gasteiger partial charge in [-0.2, -0.15) is 5.10 Å². The summed E-state index contributed by atoms with van der Waals surface area (Å²) in [6.45, 7) is 0. The average Bonchev–Trinajstić information content (AvgIpc) is 3.08. The molecule has 3 rings (SSSR count). The van der Waals surface area contributed by atoms with Gasteiger partial charge < -0.3 is 5.73 Å². The molecule has 2 N–H and O–H groups in total. The van der Waals surface area contributed by atoms with E-state index in [1.54, 1.807) is 10.7 Å². The minimum Gasteiger partial charge on any atom is -0.393 e. The van der Waals surface area contributed by atoms with Crippen LogP contribution in [0.4, 0.5) is 11.4 Å². The second-order valence-electron chi connectivity index (χ2n) is 5.43. The lowest BCUT2D eigenvalue weighted by molar-refractivity contribution is -0.383. The number of aryl methyl sites for hydroxylation is 1. The van der Waals surface area contributed by atoms with Gasteiger partial charge in [-0.25, -0.2) is 9.67 Å². The van der Waals surface area contributed by atoms with E-state index in [2.05, 4.69) is 10.1 Å². The fourth-order valence-corrected chi connectivity index (χ4v) is 2.85. The number of nitrogens with zero attached hydrogens (tertiary/aromatic N) is 4. The highest BCUT2D eigenvalue weighted by Gasteiger charge is 2.23. The average molecular weight is 287 g/mol. The monoisotopic (exact) mass is 287 g/mol. The smallest absolute Gasteiger partial charge is 0.292 e. The van der Waals surface area contributed by atoms with Crippen LogP contribution in [-0.4, -0.2) is 19.7 Å². The SMILES string of the molecule is Cn1nc(C2CCCC2)nc1-c1ccc(N)c([N+](=O)[O-])c1. The Balaban J connectivity index is 2.00. The first-order valence-electron chi connectivity index (χ1n) is 7.01. The van der Waals surface area contributed by atoms with Crippen LogP contribution in [0.1, 0.15) is 37.4 Å². The Morgan fingerprint density at radius 1 is 1.38 bits per heavy atom. The molecule has 1 aliphatic rings. The van der Waals surface area contributed by atoms with Gasteiger partial charge in [-0.15, -0.1) is 0 Å². The van der Waals surface area contributed by atoms with E-state index in [-0.39, 0.29) is 11.4 Å². The van der Waals surface area contributed by atoms with Gasteiger partial charge in [0, 0.05) is 24.6 Å². The van der Waals surface area contributed by atoms with Crippen molar-refractivity contribution < 1.29 is 4.92 Å². The standard InChI is InChI=1S/C14H17N5O2/c1-18-14(16-13(17-18)9-4-2-3-5-9)10-6-7-11(15)12(8-10)19(20)21/h6-9H,2-5,15H2,1H3. The van der Waals surface area contributed by atoms with Crippen molar-refractivity contribution in [2.45, 2.75) is 31.6 Å². The zero-order chi connectivity index (χ0) is 15.0. The summed E-state index contributed by atoms with van der Waals surface area (Å²) in [5.41, 5.74) is 6.34. The fourth-order valence-electron chi connectivity index (χ4n) is 2.85. The molecule has 1 fully saturated rings. The molecule has 0 radical (unpaired) electrons. The van der Waals surface area contributed by atoms with Gasteiger partial charge in [-0.05, 0) is 25.0 Å². The number of anilines is 1. The second kappa shape index (κ2) is 5.16. The number of rotatable bonds is 3. The van der Waals surface area contributed by atoms with Crippen LogP contribution >= 0.6 is 0 Å². The van der Waals surface area contributed by atoms with Crippen molar-refractivity contribution in [1.29, 1.82) is 0 Å². The highest BCUT2D eigenvalue weighted by atomic mass is 16.6. The number of nitrogens with two attached hydrogens (primary N) is 1. The summed E-state index contributed by atoms with van der Waals surface area (Å²) in [5.74, 6) is 1.89. The summed E-state index contributed by atoms with van der Waals surface area (Å²) >= 11 is 0. The lowest BCUT2D eigenvalue weighted by Gasteiger charge is -2.02. The van der Waals surface area contributed by atoms with Gasteiger partial charge in [0.2, 0.25) is 0 Å². The third kappa shape index (κ3) is 2.46. The summed E-state index contributed by atoms with van der Waals surface area (Å²) in [4.78, 5) is 15.1. The van der Waals surface area contributed by atoms with Crippen molar-refractivity contribution in [2.75, 3.05) is 5.73 Å². The van der Waals surface area contributed by atoms with Crippen molar-refractivity contribution in [3.63, 3.8) is 0 Å². The third-order valence-electron chi connectivity index (χ3n) is 3.99. The largest absolute Gasteiger partial charge is 0.393 e. The molecule has 0 unspecified atom stereocenters. The molecule has 0 amide bonds. The van der Waals surface area contributed by atoms with Crippen LogP contribution in [0.15, 0.2) is 18.2 Å². The maximum atomic E-state index is 11.0. The van der Waals surface area contributed by atoms with Crippen LogP contribution in [-0.2, 0) is 7.05 Å². The topological polar surface area (TPSA) is 99.9 Å². The predicted octanol–water partition coefficient (Wildman–Crippen LogP) is 2.63. The Morgan fingerprint density at radius 2 is 2.10 bits per heavy atom. The van der Waals surface area contributed by atoms with E-state index in [4.69, 9.17) is 5.73 Å². The number of hydrogen-bond acceptors (Lipinski definition) is 5. The first-order chi connectivity index (χ1) is 10.1. The van der Waals surface area contributed by atoms with Gasteiger partial charge in [0.15, 0.2) is 11.6 Å². The molecular weight excluding hydrogens is 270 g/mol. The molecule has 0 spiro atoms. The van der Waals surface area contributed by atoms with Gasteiger partial charge in [-0.1, -0.05) is 12.8 Å². The van der Waals surface area contributed by atoms with E-state index in [0.29, 0.717) is 17.3 Å². The third-order valence-corrected chi connectivity index (χ3v) is 3.99. The zero-order valence-corrected chi connectivity index (χ0v) is 11.8. The van der Waals surface area contributed by atoms with Crippen molar-refractivity contribution in [3.8, 4) is 11.4 Å². The fraction of sp³-hybridized carbons (Fsp3) is 0.429. The molecule has 2 aromatic rings. The Labute approximate surface area is 121 Å². The molecule has 110 valence electrons. The number of hydrogen-bond donors (Lipinski definition) is 1. The molecule has 21 heavy (non-hydrogen) atoms. The summed E-state index contributed by atoms with van der Waals surface area (Å²) in [6.07, 6.45) is 4.66. The Hall–Kier alpha value is -2.44. The molecule has 1 saturated carbocycles. The van der Waals surface area contributed by atoms with Gasteiger partial charge in [-0.3, -0.25) is 10.1 Å². The quantitative estimate of drug-likeness (QED) is 0.531. The van der Waals surface area contributed by atoms with Crippen LogP contribution in [0.5, 0.6) is 0 Å². The number of nitro groups is 1. The summed E-state index contributed by atoms with van der Waals surface area (Å²) in [7, 11) is 1.81. The number of aromatic nitrogens is 3. The molecular formula is C14H17N5O2. The molecule has 7 nitrogen and oxygen atoms in total. The highest BCUT2D eigenvalue weighted by molar-refractivity contribution is 5.68. The van der Waals surface area contributed by atoms with E-state index in [1.807, 2.05) is 7.05 Å². The molecule has 0 saturated heterocycles. The molecule has 1 aliphatic carbocycles. The molecule has 0 bridgehead atoms. The van der Waals surface area contributed by atoms with Crippen LogP contribution in [0, 0.1) is 10.1 Å². The zero-order valence-electron chi connectivity index (χ0n) is 11.8. The Kier molecular flexibility index (Phi) is 3.32. The summed E-state index contributed by atoms with van der Waals surface area (Å²) < 4.78 is 1.68. The molecule has 0 aliphatic heterocycles. The summed E-state index contributed by atoms with van der Waals surface area (Å²) in [5, 5.41) is 15.5. The molecule has 7 heteroatoms. The van der Waals surface area contributed by atoms with Crippen LogP contribution in [0.3, 0.4) is 0 Å². The van der Waals surface area contributed by atoms with Crippen molar-refractivity contribution in [2.24, 2.45) is 7.05 Å². The van der Waals surface area contributed by atoms with E-state index < -0.39 is 4.92 Å². The Bertz CT molecular complexity index is 689. The van der Waals surface area contributed by atoms with E-state index >= 15 is 0 Å².